The van der Waals surface area contributed by atoms with Gasteiger partial charge in [-0.05, 0) is 16.7 Å². The first-order valence-corrected chi connectivity index (χ1v) is 11.1. The molecule has 1 amide bonds. The molecule has 0 heterocycles. The van der Waals surface area contributed by atoms with Gasteiger partial charge in [-0.3, -0.25) is 0 Å². The zero-order valence-electron chi connectivity index (χ0n) is 17.5. The molecule has 0 aliphatic heterocycles. The summed E-state index contributed by atoms with van der Waals surface area (Å²) in [6.07, 6.45) is 0.637. The van der Waals surface area contributed by atoms with E-state index in [0.29, 0.717) is 0 Å². The number of hydrogen-bond acceptors (Lipinski definition) is 4. The van der Waals surface area contributed by atoms with Crippen molar-refractivity contribution in [1.82, 2.24) is 5.32 Å². The van der Waals surface area contributed by atoms with Crippen LogP contribution in [0.5, 0.6) is 0 Å². The normalized spacial score (nSPS) is 11.9. The number of alkyl carbamates (subject to hydrolysis) is 1. The zero-order valence-corrected chi connectivity index (χ0v) is 18.3. The van der Waals surface area contributed by atoms with E-state index >= 15 is 0 Å². The summed E-state index contributed by atoms with van der Waals surface area (Å²) in [5, 5.41) is 12.2. The number of aliphatic carboxylic acids is 1. The molecular weight excluding hydrogens is 422 g/mol. The van der Waals surface area contributed by atoms with Crippen molar-refractivity contribution in [3.63, 3.8) is 0 Å². The molecule has 1 atom stereocenters. The van der Waals surface area contributed by atoms with Crippen LogP contribution in [0, 0.1) is 0 Å². The fourth-order valence-corrected chi connectivity index (χ4v) is 5.02. The molecule has 0 spiro atoms. The van der Waals surface area contributed by atoms with Gasteiger partial charge >= 0.3 is 12.1 Å². The maximum absolute atomic E-state index is 12.0. The van der Waals surface area contributed by atoms with Gasteiger partial charge < -0.3 is 15.2 Å². The number of nitrogens with one attached hydrogen (secondary N) is 1. The summed E-state index contributed by atoms with van der Waals surface area (Å²) in [6, 6.07) is 28.7. The van der Waals surface area contributed by atoms with E-state index in [9.17, 15) is 14.7 Å². The molecule has 164 valence electrons. The summed E-state index contributed by atoms with van der Waals surface area (Å²) in [5.41, 5.74) is 3.04. The van der Waals surface area contributed by atoms with Crippen molar-refractivity contribution < 1.29 is 19.4 Å². The largest absolute Gasteiger partial charge is 0.480 e. The summed E-state index contributed by atoms with van der Waals surface area (Å²) < 4.78 is 4.24. The Balaban J connectivity index is 2.03. The van der Waals surface area contributed by atoms with E-state index in [1.807, 2.05) is 91.0 Å². The number of hydrogen-bond donors (Lipinski definition) is 2. The third kappa shape index (κ3) is 5.39. The second kappa shape index (κ2) is 11.2. The Labute approximate surface area is 192 Å². The second-order valence-electron chi connectivity index (χ2n) is 7.01. The molecule has 0 saturated heterocycles. The predicted molar refractivity (Wildman–Crippen MR) is 128 cm³/mol. The molecule has 5 nitrogen and oxygen atoms in total. The Morgan fingerprint density at radius 2 is 1.34 bits per heavy atom. The van der Waals surface area contributed by atoms with Gasteiger partial charge in [0.2, 0.25) is 0 Å². The number of carboxylic acid groups (broad SMARTS) is 1. The molecule has 3 aromatic rings. The lowest BCUT2D eigenvalue weighted by atomic mass is 9.84. The highest BCUT2D eigenvalue weighted by atomic mass is 32.2. The van der Waals surface area contributed by atoms with Crippen molar-refractivity contribution in [2.24, 2.45) is 0 Å². The minimum atomic E-state index is -1.13. The van der Waals surface area contributed by atoms with Crippen LogP contribution in [0.15, 0.2) is 104 Å². The van der Waals surface area contributed by atoms with Crippen molar-refractivity contribution in [3.8, 4) is 0 Å². The third-order valence-corrected chi connectivity index (χ3v) is 6.57. The van der Waals surface area contributed by atoms with Crippen LogP contribution in [-0.2, 0) is 14.3 Å². The fraction of sp³-hybridized carbons (Fsp3) is 0.154. The molecule has 0 radical (unpaired) electrons. The van der Waals surface area contributed by atoms with Crippen LogP contribution in [0.25, 0.3) is 0 Å². The molecule has 3 rings (SSSR count). The number of carbonyl (C=O) groups excluding carboxylic acids is 1. The minimum absolute atomic E-state index is 0.00724. The maximum atomic E-state index is 12.0. The lowest BCUT2D eigenvalue weighted by Gasteiger charge is -2.36. The Bertz CT molecular complexity index is 929. The van der Waals surface area contributed by atoms with Gasteiger partial charge in [0.25, 0.3) is 0 Å². The first kappa shape index (κ1) is 23.2. The van der Waals surface area contributed by atoms with Gasteiger partial charge in [-0.1, -0.05) is 104 Å². The summed E-state index contributed by atoms with van der Waals surface area (Å²) in [5.74, 6) is -1.01. The Kier molecular flexibility index (Phi) is 8.11. The van der Waals surface area contributed by atoms with Gasteiger partial charge in [-0.15, -0.1) is 11.8 Å². The van der Waals surface area contributed by atoms with Crippen LogP contribution in [-0.4, -0.2) is 35.6 Å². The van der Waals surface area contributed by atoms with Crippen molar-refractivity contribution in [2.75, 3.05) is 12.4 Å². The molecule has 2 N–H and O–H groups in total. The monoisotopic (exact) mass is 447 g/mol. The van der Waals surface area contributed by atoms with Crippen molar-refractivity contribution in [3.05, 3.63) is 120 Å². The third-order valence-electron chi connectivity index (χ3n) is 4.93. The minimum Gasteiger partial charge on any atom is -0.480 e. The van der Waals surface area contributed by atoms with E-state index in [-0.39, 0.29) is 12.4 Å². The van der Waals surface area contributed by atoms with Crippen LogP contribution in [0.4, 0.5) is 4.79 Å². The Hall–Kier alpha value is -3.51. The average molecular weight is 448 g/mol. The highest BCUT2D eigenvalue weighted by Crippen LogP contribution is 2.48. The van der Waals surface area contributed by atoms with E-state index in [1.165, 1.54) is 17.8 Å². The number of carboxylic acids is 1. The number of ether oxygens (including phenoxy) is 1. The summed E-state index contributed by atoms with van der Waals surface area (Å²) in [7, 11) is 0. The van der Waals surface area contributed by atoms with Gasteiger partial charge in [-0.25, -0.2) is 9.59 Å². The van der Waals surface area contributed by atoms with Gasteiger partial charge in [0.1, 0.15) is 12.6 Å². The molecule has 0 saturated carbocycles. The van der Waals surface area contributed by atoms with E-state index < -0.39 is 22.9 Å². The molecule has 0 fully saturated rings. The second-order valence-corrected chi connectivity index (χ2v) is 8.25. The standard InChI is InChI=1S/C26H25NO4S/c1-2-18-31-25(30)27-23(24(28)29)19-32-26(20-12-6-3-7-13-20,21-14-8-4-9-15-21)22-16-10-5-11-17-22/h2-17,23H,1,18-19H2,(H,27,30)(H,28,29). The van der Waals surface area contributed by atoms with Crippen molar-refractivity contribution in [2.45, 2.75) is 10.8 Å². The SMILES string of the molecule is C=CCOC(=O)NC(CSC(c1ccccc1)(c1ccccc1)c1ccccc1)C(=O)O. The number of rotatable bonds is 10. The van der Waals surface area contributed by atoms with Crippen LogP contribution < -0.4 is 5.32 Å². The molecule has 0 aromatic heterocycles. The molecular formula is C26H25NO4S. The van der Waals surface area contributed by atoms with E-state index in [0.717, 1.165) is 16.7 Å². The lowest BCUT2D eigenvalue weighted by Crippen LogP contribution is -2.44. The quantitative estimate of drug-likeness (QED) is 0.335. The number of amides is 1. The average Bonchev–Trinajstić information content (AvgIpc) is 2.84. The highest BCUT2D eigenvalue weighted by molar-refractivity contribution is 8.00. The lowest BCUT2D eigenvalue weighted by molar-refractivity contribution is -0.138. The van der Waals surface area contributed by atoms with Crippen molar-refractivity contribution >= 4 is 23.8 Å². The van der Waals surface area contributed by atoms with Gasteiger partial charge in [0, 0.05) is 5.75 Å². The molecule has 6 heteroatoms. The molecule has 0 aliphatic rings. The van der Waals surface area contributed by atoms with Gasteiger partial charge in [0.05, 0.1) is 4.75 Å². The molecule has 32 heavy (non-hydrogen) atoms. The van der Waals surface area contributed by atoms with Gasteiger partial charge in [-0.2, -0.15) is 0 Å². The van der Waals surface area contributed by atoms with E-state index in [4.69, 9.17) is 4.74 Å². The molecule has 3 aromatic carbocycles. The Morgan fingerprint density at radius 3 is 1.72 bits per heavy atom. The maximum Gasteiger partial charge on any atom is 0.408 e. The van der Waals surface area contributed by atoms with Crippen molar-refractivity contribution in [1.29, 1.82) is 0 Å². The molecule has 0 bridgehead atoms. The molecule has 0 aliphatic carbocycles. The first-order chi connectivity index (χ1) is 15.6. The first-order valence-electron chi connectivity index (χ1n) is 10.2. The topological polar surface area (TPSA) is 75.6 Å². The number of carbonyl (C=O) groups is 2. The highest BCUT2D eigenvalue weighted by Gasteiger charge is 2.38. The summed E-state index contributed by atoms with van der Waals surface area (Å²) >= 11 is 1.46. The van der Waals surface area contributed by atoms with Gasteiger partial charge in [0.15, 0.2) is 0 Å². The number of benzene rings is 3. The van der Waals surface area contributed by atoms with E-state index in [1.54, 1.807) is 0 Å². The number of thioether (sulfide) groups is 1. The van der Waals surface area contributed by atoms with Crippen LogP contribution in [0.1, 0.15) is 16.7 Å². The van der Waals surface area contributed by atoms with Crippen LogP contribution >= 0.6 is 11.8 Å². The summed E-state index contributed by atoms with van der Waals surface area (Å²) in [6.45, 7) is 3.50. The van der Waals surface area contributed by atoms with Crippen LogP contribution in [0.3, 0.4) is 0 Å². The predicted octanol–water partition coefficient (Wildman–Crippen LogP) is 5.08. The van der Waals surface area contributed by atoms with Crippen LogP contribution in [0.2, 0.25) is 0 Å². The summed E-state index contributed by atoms with van der Waals surface area (Å²) in [4.78, 5) is 23.9. The molecule has 1 unspecified atom stereocenters. The zero-order chi connectivity index (χ0) is 22.8. The van der Waals surface area contributed by atoms with E-state index in [2.05, 4.69) is 11.9 Å². The smallest absolute Gasteiger partial charge is 0.408 e. The Morgan fingerprint density at radius 1 is 0.906 bits per heavy atom. The fourth-order valence-electron chi connectivity index (χ4n) is 3.47.